The molecule has 1 rings (SSSR count). The molecule has 0 aromatic rings. The molecule has 0 aliphatic carbocycles. The van der Waals surface area contributed by atoms with Gasteiger partial charge in [0.05, 0.1) is 13.2 Å². The van der Waals surface area contributed by atoms with Crippen molar-refractivity contribution in [2.24, 2.45) is 0 Å². The normalized spacial score (nSPS) is 19.7. The molecule has 1 N–H and O–H groups in total. The lowest BCUT2D eigenvalue weighted by molar-refractivity contribution is -0.164. The summed E-state index contributed by atoms with van der Waals surface area (Å²) in [5, 5.41) is 10.6. The summed E-state index contributed by atoms with van der Waals surface area (Å²) in [6, 6.07) is -0.272. The number of hydroxylamine groups is 2. The van der Waals surface area contributed by atoms with Crippen LogP contribution in [0.2, 0.25) is 0 Å². The first-order valence-electron chi connectivity index (χ1n) is 6.23. The van der Waals surface area contributed by atoms with Crippen molar-refractivity contribution in [1.82, 2.24) is 9.96 Å². The minimum atomic E-state index is -0.542. The van der Waals surface area contributed by atoms with Crippen molar-refractivity contribution in [3.63, 3.8) is 0 Å². The number of nitrogens with zero attached hydrogens (tertiary/aromatic N) is 2. The first-order valence-corrected chi connectivity index (χ1v) is 6.23. The van der Waals surface area contributed by atoms with Crippen LogP contribution in [0.5, 0.6) is 0 Å². The van der Waals surface area contributed by atoms with Crippen LogP contribution in [0.1, 0.15) is 27.2 Å². The van der Waals surface area contributed by atoms with Gasteiger partial charge in [-0.2, -0.15) is 5.06 Å². The first kappa shape index (κ1) is 15.7. The Bertz CT molecular complexity index is 340. The summed E-state index contributed by atoms with van der Waals surface area (Å²) < 4.78 is 9.72. The van der Waals surface area contributed by atoms with E-state index in [-0.39, 0.29) is 12.6 Å². The summed E-state index contributed by atoms with van der Waals surface area (Å²) in [5.41, 5.74) is -0.542. The van der Waals surface area contributed by atoms with Gasteiger partial charge in [-0.25, -0.2) is 4.79 Å². The number of amides is 1. The van der Waals surface area contributed by atoms with Crippen LogP contribution in [0.15, 0.2) is 0 Å². The average Bonchev–Trinajstić information content (AvgIpc) is 2.75. The highest BCUT2D eigenvalue weighted by atomic mass is 16.6. The number of carbonyl (C=O) groups excluding carboxylic acids is 2. The lowest BCUT2D eigenvalue weighted by Crippen LogP contribution is -2.41. The van der Waals surface area contributed by atoms with Crippen LogP contribution in [-0.2, 0) is 14.3 Å². The second-order valence-electron chi connectivity index (χ2n) is 5.54. The molecule has 0 saturated carbocycles. The predicted molar refractivity (Wildman–Crippen MR) is 66.7 cm³/mol. The number of likely N-dealkylation sites (tertiary alicyclic amines) is 1. The van der Waals surface area contributed by atoms with E-state index < -0.39 is 17.7 Å². The monoisotopic (exact) mass is 274 g/mol. The molecule has 1 unspecified atom stereocenters. The second kappa shape index (κ2) is 6.21. The van der Waals surface area contributed by atoms with Crippen molar-refractivity contribution < 1.29 is 24.3 Å². The number of ether oxygens (including phenoxy) is 2. The van der Waals surface area contributed by atoms with Gasteiger partial charge in [-0.1, -0.05) is 0 Å². The quantitative estimate of drug-likeness (QED) is 0.607. The van der Waals surface area contributed by atoms with Crippen LogP contribution in [0, 0.1) is 0 Å². The smallest absolute Gasteiger partial charge is 0.410 e. The number of hydrogen-bond acceptors (Lipinski definition) is 6. The summed E-state index contributed by atoms with van der Waals surface area (Å²) >= 11 is 0. The summed E-state index contributed by atoms with van der Waals surface area (Å²) in [5.74, 6) is -0.516. The summed E-state index contributed by atoms with van der Waals surface area (Å²) in [4.78, 5) is 24.4. The maximum Gasteiger partial charge on any atom is 0.410 e. The van der Waals surface area contributed by atoms with Gasteiger partial charge in [0, 0.05) is 13.1 Å². The second-order valence-corrected chi connectivity index (χ2v) is 5.54. The average molecular weight is 274 g/mol. The molecule has 19 heavy (non-hydrogen) atoms. The van der Waals surface area contributed by atoms with Crippen LogP contribution in [0.3, 0.4) is 0 Å². The Morgan fingerprint density at radius 3 is 2.58 bits per heavy atom. The Kier molecular flexibility index (Phi) is 5.13. The van der Waals surface area contributed by atoms with Gasteiger partial charge in [-0.15, -0.1) is 0 Å². The molecule has 1 atom stereocenters. The zero-order valence-corrected chi connectivity index (χ0v) is 11.9. The van der Waals surface area contributed by atoms with Crippen molar-refractivity contribution in [2.45, 2.75) is 38.8 Å². The van der Waals surface area contributed by atoms with Crippen molar-refractivity contribution in [1.29, 1.82) is 0 Å². The van der Waals surface area contributed by atoms with Crippen molar-refractivity contribution in [2.75, 3.05) is 26.7 Å². The van der Waals surface area contributed by atoms with Crippen molar-refractivity contribution in [3.05, 3.63) is 0 Å². The van der Waals surface area contributed by atoms with E-state index in [1.54, 1.807) is 20.8 Å². The van der Waals surface area contributed by atoms with E-state index in [1.807, 2.05) is 0 Å². The topological polar surface area (TPSA) is 79.3 Å². The van der Waals surface area contributed by atoms with Gasteiger partial charge in [0.2, 0.25) is 0 Å². The van der Waals surface area contributed by atoms with Gasteiger partial charge >= 0.3 is 12.1 Å². The zero-order valence-electron chi connectivity index (χ0n) is 11.9. The molecular formula is C12H22N2O5. The molecule has 1 aliphatic heterocycles. The molecule has 0 spiro atoms. The van der Waals surface area contributed by atoms with Gasteiger partial charge in [0.25, 0.3) is 0 Å². The molecule has 1 amide bonds. The summed E-state index contributed by atoms with van der Waals surface area (Å²) in [7, 11) is 1.26. The maximum atomic E-state index is 11.8. The van der Waals surface area contributed by atoms with Gasteiger partial charge in [-0.05, 0) is 27.2 Å². The number of methoxy groups -OCH3 is 1. The third-order valence-electron chi connectivity index (χ3n) is 2.76. The lowest BCUT2D eigenvalue weighted by atomic mass is 10.2. The van der Waals surface area contributed by atoms with E-state index in [9.17, 15) is 14.8 Å². The highest BCUT2D eigenvalue weighted by Gasteiger charge is 2.33. The third-order valence-corrected chi connectivity index (χ3v) is 2.76. The van der Waals surface area contributed by atoms with Crippen molar-refractivity contribution in [3.8, 4) is 0 Å². The standard InChI is InChI=1S/C12H22N2O5/c1-12(2,3)19-11(16)13-6-5-9(7-13)14(17)8-10(15)18-4/h9,17H,5-8H2,1-4H3. The number of hydrogen-bond donors (Lipinski definition) is 1. The molecule has 110 valence electrons. The lowest BCUT2D eigenvalue weighted by Gasteiger charge is -2.25. The Labute approximate surface area is 113 Å². The van der Waals surface area contributed by atoms with E-state index in [0.717, 1.165) is 5.06 Å². The van der Waals surface area contributed by atoms with E-state index in [0.29, 0.717) is 19.5 Å². The molecule has 7 nitrogen and oxygen atoms in total. The van der Waals surface area contributed by atoms with E-state index >= 15 is 0 Å². The van der Waals surface area contributed by atoms with Crippen LogP contribution < -0.4 is 0 Å². The van der Waals surface area contributed by atoms with Gasteiger partial charge in [0.1, 0.15) is 12.1 Å². The molecule has 1 aliphatic rings. The molecule has 1 saturated heterocycles. The highest BCUT2D eigenvalue weighted by Crippen LogP contribution is 2.17. The minimum Gasteiger partial charge on any atom is -0.468 e. The maximum absolute atomic E-state index is 11.8. The third kappa shape index (κ3) is 5.04. The molecule has 0 bridgehead atoms. The van der Waals surface area contributed by atoms with Crippen LogP contribution in [-0.4, -0.2) is 65.6 Å². The predicted octanol–water partition coefficient (Wildman–Crippen LogP) is 0.860. The largest absolute Gasteiger partial charge is 0.468 e. The van der Waals surface area contributed by atoms with Gasteiger partial charge in [-0.3, -0.25) is 4.79 Å². The summed E-state index contributed by atoms with van der Waals surface area (Å²) in [6.07, 6.45) is 0.189. The Morgan fingerprint density at radius 1 is 1.42 bits per heavy atom. The van der Waals surface area contributed by atoms with Gasteiger partial charge in [0.15, 0.2) is 0 Å². The number of rotatable bonds is 3. The number of carbonyl (C=O) groups is 2. The molecular weight excluding hydrogens is 252 g/mol. The van der Waals surface area contributed by atoms with E-state index in [1.165, 1.54) is 12.0 Å². The highest BCUT2D eigenvalue weighted by molar-refractivity contribution is 5.71. The van der Waals surface area contributed by atoms with Crippen LogP contribution in [0.4, 0.5) is 4.79 Å². The minimum absolute atomic E-state index is 0.205. The van der Waals surface area contributed by atoms with Crippen LogP contribution >= 0.6 is 0 Å². The molecule has 0 aromatic carbocycles. The Morgan fingerprint density at radius 2 is 2.05 bits per heavy atom. The fraction of sp³-hybridized carbons (Fsp3) is 0.833. The molecule has 1 heterocycles. The van der Waals surface area contributed by atoms with Crippen LogP contribution in [0.25, 0.3) is 0 Å². The van der Waals surface area contributed by atoms with Gasteiger partial charge < -0.3 is 19.6 Å². The van der Waals surface area contributed by atoms with E-state index in [2.05, 4.69) is 4.74 Å². The Balaban J connectivity index is 2.45. The first-order chi connectivity index (χ1) is 8.73. The number of esters is 1. The molecule has 1 fully saturated rings. The van der Waals surface area contributed by atoms with Crippen molar-refractivity contribution >= 4 is 12.1 Å². The molecule has 0 radical (unpaired) electrons. The molecule has 7 heteroatoms. The fourth-order valence-electron chi connectivity index (χ4n) is 1.80. The Hall–Kier alpha value is -1.34. The fourth-order valence-corrected chi connectivity index (χ4v) is 1.80. The molecule has 0 aromatic heterocycles. The zero-order chi connectivity index (χ0) is 14.6. The summed E-state index contributed by atoms with van der Waals surface area (Å²) in [6.45, 7) is 6.03. The van der Waals surface area contributed by atoms with E-state index in [4.69, 9.17) is 4.74 Å². The SMILES string of the molecule is COC(=O)CN(O)C1CCN(C(=O)OC(C)(C)C)C1.